The van der Waals surface area contributed by atoms with Crippen molar-refractivity contribution < 1.29 is 9.32 Å². The zero-order chi connectivity index (χ0) is 20.7. The van der Waals surface area contributed by atoms with Crippen LogP contribution < -0.4 is 5.32 Å². The SMILES string of the molecule is Cc1noc(C)c1CN1C[C@H]2C[C@@H](C1)[C@H](CNC(=O)c1cscn1)N1CCCC[C@@H]21. The minimum absolute atomic E-state index is 0.0460. The Bertz CT molecular complexity index is 863. The van der Waals surface area contributed by atoms with Crippen LogP contribution in [0.2, 0.25) is 0 Å². The summed E-state index contributed by atoms with van der Waals surface area (Å²) in [4.78, 5) is 22.0. The number of aromatic nitrogens is 2. The van der Waals surface area contributed by atoms with Crippen molar-refractivity contribution in [3.8, 4) is 0 Å². The highest BCUT2D eigenvalue weighted by Crippen LogP contribution is 2.41. The summed E-state index contributed by atoms with van der Waals surface area (Å²) >= 11 is 1.46. The average Bonchev–Trinajstić information content (AvgIpc) is 3.40. The monoisotopic (exact) mass is 429 g/mol. The highest BCUT2D eigenvalue weighted by molar-refractivity contribution is 7.07. The summed E-state index contributed by atoms with van der Waals surface area (Å²) in [6.45, 7) is 9.07. The standard InChI is InChI=1S/C22H31N5O2S/c1-14-18(15(2)29-25-14)11-26-9-16-7-17(10-26)21(27-6-4-3-5-20(16)27)8-23-22(28)19-12-30-13-24-19/h12-13,16-17,20-21H,3-11H2,1-2H3,(H,23,28)/t16-,17+,20+,21+/m1/s1. The lowest BCUT2D eigenvalue weighted by Crippen LogP contribution is -2.65. The fourth-order valence-electron chi connectivity index (χ4n) is 5.98. The average molecular weight is 430 g/mol. The summed E-state index contributed by atoms with van der Waals surface area (Å²) in [6, 6.07) is 1.05. The van der Waals surface area contributed by atoms with Gasteiger partial charge in [-0.2, -0.15) is 0 Å². The van der Waals surface area contributed by atoms with Gasteiger partial charge < -0.3 is 9.84 Å². The third-order valence-corrected chi connectivity index (χ3v) is 7.98. The predicted octanol–water partition coefficient (Wildman–Crippen LogP) is 2.85. The maximum Gasteiger partial charge on any atom is 0.270 e. The largest absolute Gasteiger partial charge is 0.361 e. The first kappa shape index (κ1) is 20.2. The molecule has 0 aromatic carbocycles. The molecule has 8 heteroatoms. The predicted molar refractivity (Wildman–Crippen MR) is 115 cm³/mol. The van der Waals surface area contributed by atoms with E-state index in [1.807, 2.05) is 19.2 Å². The molecular weight excluding hydrogens is 398 g/mol. The Morgan fingerprint density at radius 2 is 2.17 bits per heavy atom. The van der Waals surface area contributed by atoms with E-state index in [4.69, 9.17) is 4.52 Å². The molecule has 3 saturated heterocycles. The smallest absolute Gasteiger partial charge is 0.270 e. The Morgan fingerprint density at radius 3 is 2.93 bits per heavy atom. The molecule has 2 bridgehead atoms. The molecule has 0 spiro atoms. The van der Waals surface area contributed by atoms with Gasteiger partial charge in [0.1, 0.15) is 11.5 Å². The third-order valence-electron chi connectivity index (χ3n) is 7.40. The number of carbonyl (C=O) groups is 1. The number of thiazole rings is 1. The van der Waals surface area contributed by atoms with Gasteiger partial charge in [0, 0.05) is 49.2 Å². The van der Waals surface area contributed by atoms with Crippen LogP contribution >= 0.6 is 11.3 Å². The molecule has 1 N–H and O–H groups in total. The van der Waals surface area contributed by atoms with Crippen molar-refractivity contribution in [1.82, 2.24) is 25.3 Å². The van der Waals surface area contributed by atoms with Crippen LogP contribution in [0.4, 0.5) is 0 Å². The summed E-state index contributed by atoms with van der Waals surface area (Å²) < 4.78 is 5.40. The van der Waals surface area contributed by atoms with Crippen LogP contribution in [0.15, 0.2) is 15.4 Å². The van der Waals surface area contributed by atoms with Crippen molar-refractivity contribution >= 4 is 17.2 Å². The minimum Gasteiger partial charge on any atom is -0.361 e. The number of hydrogen-bond donors (Lipinski definition) is 1. The van der Waals surface area contributed by atoms with Crippen LogP contribution in [0.5, 0.6) is 0 Å². The molecule has 4 atom stereocenters. The molecule has 3 fully saturated rings. The van der Waals surface area contributed by atoms with Gasteiger partial charge in [0.15, 0.2) is 0 Å². The fourth-order valence-corrected chi connectivity index (χ4v) is 6.51. The number of likely N-dealkylation sites (tertiary alicyclic amines) is 1. The molecule has 2 aromatic heterocycles. The summed E-state index contributed by atoms with van der Waals surface area (Å²) in [5, 5.41) is 9.16. The lowest BCUT2D eigenvalue weighted by Gasteiger charge is -2.57. The van der Waals surface area contributed by atoms with E-state index in [0.29, 0.717) is 30.2 Å². The number of nitrogens with one attached hydrogen (secondary N) is 1. The number of carbonyl (C=O) groups excluding carboxylic acids is 1. The van der Waals surface area contributed by atoms with Crippen LogP contribution in [0.1, 0.15) is 53.2 Å². The molecule has 3 aliphatic rings. The lowest BCUT2D eigenvalue weighted by molar-refractivity contribution is -0.0718. The fraction of sp³-hybridized carbons (Fsp3) is 0.682. The van der Waals surface area contributed by atoms with Crippen molar-refractivity contribution in [2.24, 2.45) is 11.8 Å². The second kappa shape index (κ2) is 8.40. The molecule has 7 nitrogen and oxygen atoms in total. The molecule has 5 heterocycles. The van der Waals surface area contributed by atoms with E-state index in [0.717, 1.165) is 37.0 Å². The van der Waals surface area contributed by atoms with E-state index in [1.165, 1.54) is 49.1 Å². The molecule has 30 heavy (non-hydrogen) atoms. The number of amides is 1. The Kier molecular flexibility index (Phi) is 5.64. The summed E-state index contributed by atoms with van der Waals surface area (Å²) in [5.41, 5.74) is 4.50. The van der Waals surface area contributed by atoms with Crippen molar-refractivity contribution in [2.75, 3.05) is 26.2 Å². The van der Waals surface area contributed by atoms with Gasteiger partial charge in [-0.1, -0.05) is 11.6 Å². The van der Waals surface area contributed by atoms with E-state index >= 15 is 0 Å². The number of aryl methyl sites for hydroxylation is 2. The Labute approximate surface area is 181 Å². The first-order valence-electron chi connectivity index (χ1n) is 11.2. The van der Waals surface area contributed by atoms with E-state index in [-0.39, 0.29) is 5.91 Å². The highest BCUT2D eigenvalue weighted by atomic mass is 32.1. The molecule has 5 rings (SSSR count). The molecule has 1 amide bonds. The lowest BCUT2D eigenvalue weighted by atomic mass is 9.72. The minimum atomic E-state index is -0.0460. The Hall–Kier alpha value is -1.77. The quantitative estimate of drug-likeness (QED) is 0.788. The zero-order valence-electron chi connectivity index (χ0n) is 17.8. The van der Waals surface area contributed by atoms with Gasteiger partial charge in [0.2, 0.25) is 0 Å². The molecule has 0 saturated carbocycles. The van der Waals surface area contributed by atoms with Crippen LogP contribution in [0.3, 0.4) is 0 Å². The van der Waals surface area contributed by atoms with Gasteiger partial charge in [0.05, 0.1) is 11.2 Å². The van der Waals surface area contributed by atoms with E-state index in [9.17, 15) is 4.79 Å². The molecule has 2 aromatic rings. The number of hydrogen-bond acceptors (Lipinski definition) is 7. The van der Waals surface area contributed by atoms with Crippen LogP contribution in [0, 0.1) is 25.7 Å². The number of fused-ring (bicyclic) bond motifs is 4. The van der Waals surface area contributed by atoms with Crippen LogP contribution in [0.25, 0.3) is 0 Å². The highest BCUT2D eigenvalue weighted by Gasteiger charge is 2.47. The summed E-state index contributed by atoms with van der Waals surface area (Å²) in [6.07, 6.45) is 5.16. The summed E-state index contributed by atoms with van der Waals surface area (Å²) in [5.74, 6) is 2.19. The maximum atomic E-state index is 12.5. The third kappa shape index (κ3) is 3.81. The van der Waals surface area contributed by atoms with Gasteiger partial charge >= 0.3 is 0 Å². The zero-order valence-corrected chi connectivity index (χ0v) is 18.7. The normalized spacial score (nSPS) is 29.5. The van der Waals surface area contributed by atoms with Crippen LogP contribution in [-0.4, -0.2) is 64.1 Å². The Balaban J connectivity index is 1.32. The van der Waals surface area contributed by atoms with E-state index in [1.54, 1.807) is 5.51 Å². The number of piperidine rings is 3. The Morgan fingerprint density at radius 1 is 1.30 bits per heavy atom. The van der Waals surface area contributed by atoms with Gasteiger partial charge in [0.25, 0.3) is 5.91 Å². The topological polar surface area (TPSA) is 74.5 Å². The van der Waals surface area contributed by atoms with Gasteiger partial charge in [-0.25, -0.2) is 4.98 Å². The second-order valence-corrected chi connectivity index (χ2v) is 9.92. The molecule has 3 aliphatic heterocycles. The van der Waals surface area contributed by atoms with Crippen molar-refractivity contribution in [1.29, 1.82) is 0 Å². The van der Waals surface area contributed by atoms with Gasteiger partial charge in [-0.05, 0) is 51.5 Å². The first-order valence-corrected chi connectivity index (χ1v) is 12.1. The van der Waals surface area contributed by atoms with Crippen molar-refractivity contribution in [3.05, 3.63) is 33.6 Å². The first-order chi connectivity index (χ1) is 14.6. The van der Waals surface area contributed by atoms with Gasteiger partial charge in [-0.3, -0.25) is 14.6 Å². The van der Waals surface area contributed by atoms with E-state index < -0.39 is 0 Å². The second-order valence-electron chi connectivity index (χ2n) is 9.20. The molecule has 162 valence electrons. The summed E-state index contributed by atoms with van der Waals surface area (Å²) in [7, 11) is 0. The number of rotatable bonds is 5. The van der Waals surface area contributed by atoms with Crippen LogP contribution in [-0.2, 0) is 6.54 Å². The molecule has 0 aliphatic carbocycles. The maximum absolute atomic E-state index is 12.5. The van der Waals surface area contributed by atoms with E-state index in [2.05, 4.69) is 25.3 Å². The molecule has 0 radical (unpaired) electrons. The molecule has 0 unspecified atom stereocenters. The van der Waals surface area contributed by atoms with Crippen molar-refractivity contribution in [3.63, 3.8) is 0 Å². The molecular formula is C22H31N5O2S. The number of nitrogens with zero attached hydrogens (tertiary/aromatic N) is 4. The van der Waals surface area contributed by atoms with Crippen molar-refractivity contribution in [2.45, 2.75) is 58.2 Å². The van der Waals surface area contributed by atoms with Gasteiger partial charge in [-0.15, -0.1) is 11.3 Å².